The zero-order valence-corrected chi connectivity index (χ0v) is 14.2. The first kappa shape index (κ1) is 17.9. The molecule has 1 unspecified atom stereocenters. The first-order valence-corrected chi connectivity index (χ1v) is 8.36. The van der Waals surface area contributed by atoms with E-state index in [1.807, 2.05) is 12.1 Å². The number of pyridine rings is 1. The minimum absolute atomic E-state index is 0.136. The highest BCUT2D eigenvalue weighted by Gasteiger charge is 2.29. The Hall–Kier alpha value is -2.93. The Balaban J connectivity index is 1.69. The van der Waals surface area contributed by atoms with E-state index in [0.29, 0.717) is 31.1 Å². The minimum Gasteiger partial charge on any atom is -0.489 e. The molecule has 1 saturated heterocycles. The molecule has 1 aliphatic rings. The maximum absolute atomic E-state index is 12.8. The van der Waals surface area contributed by atoms with Gasteiger partial charge in [0.1, 0.15) is 12.4 Å². The van der Waals surface area contributed by atoms with E-state index in [1.165, 1.54) is 0 Å². The summed E-state index contributed by atoms with van der Waals surface area (Å²) in [5.41, 5.74) is 1.39. The van der Waals surface area contributed by atoms with Crippen LogP contribution in [0.15, 0.2) is 48.8 Å². The van der Waals surface area contributed by atoms with Gasteiger partial charge in [0.15, 0.2) is 0 Å². The van der Waals surface area contributed by atoms with Crippen LogP contribution in [0.4, 0.5) is 0 Å². The lowest BCUT2D eigenvalue weighted by molar-refractivity contribution is -0.139. The third-order valence-corrected chi connectivity index (χ3v) is 4.11. The summed E-state index contributed by atoms with van der Waals surface area (Å²) in [6, 6.07) is 10.2. The van der Waals surface area contributed by atoms with Gasteiger partial charge >= 0.3 is 5.97 Å². The van der Waals surface area contributed by atoms with Crippen molar-refractivity contribution in [2.75, 3.05) is 19.8 Å². The van der Waals surface area contributed by atoms with Gasteiger partial charge in [-0.25, -0.2) is 0 Å². The van der Waals surface area contributed by atoms with Crippen molar-refractivity contribution in [3.63, 3.8) is 0 Å². The molecule has 1 aromatic heterocycles. The number of hydrogen-bond acceptors (Lipinski definition) is 5. The van der Waals surface area contributed by atoms with E-state index in [9.17, 15) is 9.59 Å². The molecule has 0 radical (unpaired) electrons. The van der Waals surface area contributed by atoms with Gasteiger partial charge in [0.2, 0.25) is 0 Å². The molecule has 1 N–H and O–H groups in total. The number of amides is 1. The van der Waals surface area contributed by atoms with Gasteiger partial charge < -0.3 is 19.5 Å². The van der Waals surface area contributed by atoms with E-state index in [0.717, 1.165) is 5.56 Å². The van der Waals surface area contributed by atoms with Crippen molar-refractivity contribution in [1.29, 1.82) is 0 Å². The predicted molar refractivity (Wildman–Crippen MR) is 92.9 cm³/mol. The number of carbonyl (C=O) groups excluding carboxylic acids is 1. The number of aromatic nitrogens is 1. The lowest BCUT2D eigenvalue weighted by Crippen LogP contribution is -2.49. The number of morpholine rings is 1. The van der Waals surface area contributed by atoms with Gasteiger partial charge in [0.05, 0.1) is 25.7 Å². The second-order valence-electron chi connectivity index (χ2n) is 6.00. The molecule has 0 spiro atoms. The van der Waals surface area contributed by atoms with E-state index in [-0.39, 0.29) is 18.9 Å². The number of carbonyl (C=O) groups is 2. The molecule has 1 atom stereocenters. The van der Waals surface area contributed by atoms with Gasteiger partial charge in [-0.1, -0.05) is 12.1 Å². The number of aliphatic carboxylic acids is 1. The summed E-state index contributed by atoms with van der Waals surface area (Å²) in [5.74, 6) is -0.596. The summed E-state index contributed by atoms with van der Waals surface area (Å²) in [6.45, 7) is 1.36. The molecular formula is C19H20N2O5. The number of ether oxygens (including phenoxy) is 2. The van der Waals surface area contributed by atoms with Crippen molar-refractivity contribution in [3.05, 3.63) is 59.9 Å². The van der Waals surface area contributed by atoms with E-state index >= 15 is 0 Å². The molecule has 2 aromatic rings. The van der Waals surface area contributed by atoms with E-state index in [4.69, 9.17) is 14.6 Å². The van der Waals surface area contributed by atoms with Crippen LogP contribution in [0.2, 0.25) is 0 Å². The maximum Gasteiger partial charge on any atom is 0.305 e. The Labute approximate surface area is 151 Å². The topological polar surface area (TPSA) is 89.0 Å². The Morgan fingerprint density at radius 3 is 2.96 bits per heavy atom. The number of hydrogen-bond donors (Lipinski definition) is 1. The van der Waals surface area contributed by atoms with Gasteiger partial charge in [0.25, 0.3) is 5.91 Å². The van der Waals surface area contributed by atoms with Crippen LogP contribution in [0.3, 0.4) is 0 Å². The molecule has 1 aliphatic heterocycles. The van der Waals surface area contributed by atoms with Crippen molar-refractivity contribution >= 4 is 11.9 Å². The Morgan fingerprint density at radius 1 is 1.31 bits per heavy atom. The van der Waals surface area contributed by atoms with Gasteiger partial charge in [-0.05, 0) is 24.3 Å². The number of benzene rings is 1. The zero-order valence-electron chi connectivity index (χ0n) is 14.2. The second kappa shape index (κ2) is 8.44. The average Bonchev–Trinajstić information content (AvgIpc) is 2.67. The molecule has 0 aliphatic carbocycles. The van der Waals surface area contributed by atoms with Crippen molar-refractivity contribution in [1.82, 2.24) is 9.88 Å². The summed E-state index contributed by atoms with van der Waals surface area (Å²) >= 11 is 0. The summed E-state index contributed by atoms with van der Waals surface area (Å²) in [7, 11) is 0. The van der Waals surface area contributed by atoms with E-state index in [2.05, 4.69) is 4.98 Å². The Kier molecular flexibility index (Phi) is 5.80. The van der Waals surface area contributed by atoms with Gasteiger partial charge in [-0.2, -0.15) is 0 Å². The van der Waals surface area contributed by atoms with Crippen LogP contribution < -0.4 is 4.74 Å². The summed E-state index contributed by atoms with van der Waals surface area (Å²) in [4.78, 5) is 29.5. The van der Waals surface area contributed by atoms with Crippen LogP contribution in [-0.4, -0.2) is 52.7 Å². The molecule has 1 aromatic carbocycles. The first-order valence-electron chi connectivity index (χ1n) is 8.36. The molecule has 0 bridgehead atoms. The zero-order chi connectivity index (χ0) is 18.4. The maximum atomic E-state index is 12.8. The smallest absolute Gasteiger partial charge is 0.305 e. The molecule has 7 nitrogen and oxygen atoms in total. The van der Waals surface area contributed by atoms with Crippen LogP contribution in [0.5, 0.6) is 5.75 Å². The molecule has 26 heavy (non-hydrogen) atoms. The molecular weight excluding hydrogens is 336 g/mol. The molecule has 136 valence electrons. The first-order chi connectivity index (χ1) is 12.6. The summed E-state index contributed by atoms with van der Waals surface area (Å²) < 4.78 is 11.1. The largest absolute Gasteiger partial charge is 0.489 e. The SMILES string of the molecule is O=C(O)CC1COCCN1C(=O)c1cccc(OCc2cccnc2)c1. The van der Waals surface area contributed by atoms with Crippen LogP contribution in [0.25, 0.3) is 0 Å². The van der Waals surface area contributed by atoms with Crippen molar-refractivity contribution < 1.29 is 24.2 Å². The second-order valence-corrected chi connectivity index (χ2v) is 6.00. The summed E-state index contributed by atoms with van der Waals surface area (Å²) in [5, 5.41) is 9.04. The van der Waals surface area contributed by atoms with Gasteiger partial charge in [-0.15, -0.1) is 0 Å². The molecule has 1 amide bonds. The normalized spacial score (nSPS) is 16.9. The van der Waals surface area contributed by atoms with Crippen LogP contribution in [-0.2, 0) is 16.1 Å². The standard InChI is InChI=1S/C19H20N2O5/c22-18(23)10-16-13-25-8-7-21(16)19(24)15-4-1-5-17(9-15)26-12-14-3-2-6-20-11-14/h1-6,9,11,16H,7-8,10,12-13H2,(H,22,23). The third-order valence-electron chi connectivity index (χ3n) is 4.11. The fourth-order valence-corrected chi connectivity index (χ4v) is 2.83. The fraction of sp³-hybridized carbons (Fsp3) is 0.316. The van der Waals surface area contributed by atoms with Gasteiger partial charge in [0, 0.05) is 30.1 Å². The average molecular weight is 356 g/mol. The quantitative estimate of drug-likeness (QED) is 0.851. The number of rotatable bonds is 6. The van der Waals surface area contributed by atoms with Crippen molar-refractivity contribution in [2.24, 2.45) is 0 Å². The van der Waals surface area contributed by atoms with Gasteiger partial charge in [-0.3, -0.25) is 14.6 Å². The fourth-order valence-electron chi connectivity index (χ4n) is 2.83. The molecule has 0 saturated carbocycles. The van der Waals surface area contributed by atoms with Crippen LogP contribution in [0.1, 0.15) is 22.3 Å². The van der Waals surface area contributed by atoms with Crippen molar-refractivity contribution in [2.45, 2.75) is 19.1 Å². The third kappa shape index (κ3) is 4.58. The number of carboxylic acid groups (broad SMARTS) is 1. The minimum atomic E-state index is -0.952. The Morgan fingerprint density at radius 2 is 2.19 bits per heavy atom. The molecule has 2 heterocycles. The molecule has 1 fully saturated rings. The highest BCUT2D eigenvalue weighted by atomic mass is 16.5. The van der Waals surface area contributed by atoms with Crippen LogP contribution in [0, 0.1) is 0 Å². The lowest BCUT2D eigenvalue weighted by Gasteiger charge is -2.34. The van der Waals surface area contributed by atoms with Crippen LogP contribution >= 0.6 is 0 Å². The predicted octanol–water partition coefficient (Wildman–Crippen LogP) is 1.98. The molecule has 7 heteroatoms. The Bertz CT molecular complexity index is 766. The monoisotopic (exact) mass is 356 g/mol. The van der Waals surface area contributed by atoms with Crippen molar-refractivity contribution in [3.8, 4) is 5.75 Å². The number of nitrogens with zero attached hydrogens (tertiary/aromatic N) is 2. The number of carboxylic acids is 1. The van der Waals surface area contributed by atoms with E-state index < -0.39 is 12.0 Å². The van der Waals surface area contributed by atoms with E-state index in [1.54, 1.807) is 41.6 Å². The highest BCUT2D eigenvalue weighted by Crippen LogP contribution is 2.19. The molecule has 3 rings (SSSR count). The summed E-state index contributed by atoms with van der Waals surface area (Å²) in [6.07, 6.45) is 3.28. The lowest BCUT2D eigenvalue weighted by atomic mass is 10.1. The highest BCUT2D eigenvalue weighted by molar-refractivity contribution is 5.95.